The van der Waals surface area contributed by atoms with Gasteiger partial charge in [-0.2, -0.15) is 0 Å². The normalized spacial score (nSPS) is 15.6. The average Bonchev–Trinajstić information content (AvgIpc) is 3.09. The van der Waals surface area contributed by atoms with Gasteiger partial charge in [-0.25, -0.2) is 0 Å². The highest BCUT2D eigenvalue weighted by Crippen LogP contribution is 2.27. The minimum absolute atomic E-state index is 0.970. The van der Waals surface area contributed by atoms with Gasteiger partial charge < -0.3 is 9.88 Å². The number of para-hydroxylation sites is 1. The topological polar surface area (TPSA) is 17.0 Å². The van der Waals surface area contributed by atoms with E-state index in [0.29, 0.717) is 0 Å². The molecule has 0 bridgehead atoms. The average molecular weight is 228 g/mol. The number of hydrogen-bond acceptors (Lipinski definition) is 1. The summed E-state index contributed by atoms with van der Waals surface area (Å²) in [7, 11) is 0. The first-order valence-corrected chi connectivity index (χ1v) is 6.60. The van der Waals surface area contributed by atoms with E-state index in [1.165, 1.54) is 36.0 Å². The van der Waals surface area contributed by atoms with Crippen LogP contribution in [0.1, 0.15) is 18.5 Å². The van der Waals surface area contributed by atoms with Crippen molar-refractivity contribution in [1.29, 1.82) is 0 Å². The molecule has 2 heteroatoms. The van der Waals surface area contributed by atoms with Crippen molar-refractivity contribution < 1.29 is 0 Å². The standard InChI is InChI=1S/C15H20N2/c1-12-10-14-4-2-3-5-15(14)17(12)9-8-16-11-13-6-7-13/h2-5,10,13,16H,6-9,11H2,1H3. The third-order valence-corrected chi connectivity index (χ3v) is 3.66. The van der Waals surface area contributed by atoms with Gasteiger partial charge in [-0.3, -0.25) is 0 Å². The van der Waals surface area contributed by atoms with Crippen molar-refractivity contribution in [2.24, 2.45) is 5.92 Å². The maximum atomic E-state index is 3.56. The molecule has 1 aliphatic rings. The first-order chi connectivity index (χ1) is 8.34. The predicted octanol–water partition coefficient (Wildman–Crippen LogP) is 2.95. The van der Waals surface area contributed by atoms with Crippen LogP contribution in [0.3, 0.4) is 0 Å². The van der Waals surface area contributed by atoms with Gasteiger partial charge >= 0.3 is 0 Å². The van der Waals surface area contributed by atoms with Crippen LogP contribution in [0.15, 0.2) is 30.3 Å². The van der Waals surface area contributed by atoms with E-state index in [0.717, 1.165) is 19.0 Å². The first kappa shape index (κ1) is 10.8. The molecule has 1 aromatic carbocycles. The molecule has 2 nitrogen and oxygen atoms in total. The highest BCUT2D eigenvalue weighted by molar-refractivity contribution is 5.81. The minimum Gasteiger partial charge on any atom is -0.344 e. The Hall–Kier alpha value is -1.28. The van der Waals surface area contributed by atoms with E-state index in [2.05, 4.69) is 47.1 Å². The van der Waals surface area contributed by atoms with Gasteiger partial charge in [-0.15, -0.1) is 0 Å². The quantitative estimate of drug-likeness (QED) is 0.779. The number of hydrogen-bond donors (Lipinski definition) is 1. The summed E-state index contributed by atoms with van der Waals surface area (Å²) in [6.45, 7) is 5.56. The Morgan fingerprint density at radius 2 is 2.12 bits per heavy atom. The maximum Gasteiger partial charge on any atom is 0.0482 e. The number of nitrogens with one attached hydrogen (secondary N) is 1. The third-order valence-electron chi connectivity index (χ3n) is 3.66. The molecule has 3 rings (SSSR count). The van der Waals surface area contributed by atoms with Crippen LogP contribution >= 0.6 is 0 Å². The van der Waals surface area contributed by atoms with Crippen LogP contribution in [0.5, 0.6) is 0 Å². The SMILES string of the molecule is Cc1cc2ccccc2n1CCNCC1CC1. The molecule has 1 aromatic heterocycles. The van der Waals surface area contributed by atoms with Gasteiger partial charge in [-0.1, -0.05) is 18.2 Å². The number of fused-ring (bicyclic) bond motifs is 1. The van der Waals surface area contributed by atoms with Gasteiger partial charge in [0.2, 0.25) is 0 Å². The number of benzene rings is 1. The van der Waals surface area contributed by atoms with E-state index in [1.54, 1.807) is 0 Å². The molecule has 1 aliphatic carbocycles. The fourth-order valence-corrected chi connectivity index (χ4v) is 2.46. The summed E-state index contributed by atoms with van der Waals surface area (Å²) in [6.07, 6.45) is 2.86. The van der Waals surface area contributed by atoms with Crippen LogP contribution in [0.4, 0.5) is 0 Å². The van der Waals surface area contributed by atoms with E-state index in [9.17, 15) is 0 Å². The summed E-state index contributed by atoms with van der Waals surface area (Å²) < 4.78 is 2.41. The van der Waals surface area contributed by atoms with E-state index in [-0.39, 0.29) is 0 Å². The zero-order valence-electron chi connectivity index (χ0n) is 10.4. The zero-order chi connectivity index (χ0) is 11.7. The van der Waals surface area contributed by atoms with E-state index >= 15 is 0 Å². The van der Waals surface area contributed by atoms with Crippen LogP contribution in [-0.2, 0) is 6.54 Å². The molecule has 2 aromatic rings. The van der Waals surface area contributed by atoms with Gasteiger partial charge in [-0.05, 0) is 49.7 Å². The van der Waals surface area contributed by atoms with Crippen molar-refractivity contribution in [3.63, 3.8) is 0 Å². The minimum atomic E-state index is 0.970. The van der Waals surface area contributed by atoms with Gasteiger partial charge in [0.1, 0.15) is 0 Å². The van der Waals surface area contributed by atoms with Crippen molar-refractivity contribution in [1.82, 2.24) is 9.88 Å². The summed E-state index contributed by atoms with van der Waals surface area (Å²) in [5, 5.41) is 4.91. The highest BCUT2D eigenvalue weighted by Gasteiger charge is 2.19. The Morgan fingerprint density at radius 1 is 1.29 bits per heavy atom. The van der Waals surface area contributed by atoms with Crippen molar-refractivity contribution in [3.05, 3.63) is 36.0 Å². The van der Waals surface area contributed by atoms with Gasteiger partial charge in [0.25, 0.3) is 0 Å². The molecule has 1 fully saturated rings. The second-order valence-corrected chi connectivity index (χ2v) is 5.14. The summed E-state index contributed by atoms with van der Waals surface area (Å²) in [6, 6.07) is 10.9. The smallest absolute Gasteiger partial charge is 0.0482 e. The maximum absolute atomic E-state index is 3.56. The summed E-state index contributed by atoms with van der Waals surface area (Å²) in [5.74, 6) is 0.970. The lowest BCUT2D eigenvalue weighted by molar-refractivity contribution is 0.579. The van der Waals surface area contributed by atoms with Crippen LogP contribution in [0.2, 0.25) is 0 Å². The monoisotopic (exact) mass is 228 g/mol. The van der Waals surface area contributed by atoms with Crippen LogP contribution < -0.4 is 5.32 Å². The molecular weight excluding hydrogens is 208 g/mol. The molecule has 0 saturated heterocycles. The van der Waals surface area contributed by atoms with Crippen LogP contribution in [-0.4, -0.2) is 17.7 Å². The lowest BCUT2D eigenvalue weighted by Crippen LogP contribution is -2.22. The highest BCUT2D eigenvalue weighted by atomic mass is 15.0. The molecule has 0 spiro atoms. The summed E-state index contributed by atoms with van der Waals surface area (Å²) >= 11 is 0. The van der Waals surface area contributed by atoms with Gasteiger partial charge in [0.05, 0.1) is 0 Å². The first-order valence-electron chi connectivity index (χ1n) is 6.60. The molecular formula is C15H20N2. The number of nitrogens with zero attached hydrogens (tertiary/aromatic N) is 1. The molecule has 1 saturated carbocycles. The van der Waals surface area contributed by atoms with Crippen molar-refractivity contribution >= 4 is 10.9 Å². The van der Waals surface area contributed by atoms with Crippen LogP contribution in [0.25, 0.3) is 10.9 Å². The fourth-order valence-electron chi connectivity index (χ4n) is 2.46. The van der Waals surface area contributed by atoms with E-state index < -0.39 is 0 Å². The van der Waals surface area contributed by atoms with Crippen molar-refractivity contribution in [3.8, 4) is 0 Å². The van der Waals surface area contributed by atoms with E-state index in [1.807, 2.05) is 0 Å². The third kappa shape index (κ3) is 2.37. The van der Waals surface area contributed by atoms with Crippen molar-refractivity contribution in [2.75, 3.05) is 13.1 Å². The lowest BCUT2D eigenvalue weighted by atomic mass is 10.2. The summed E-state index contributed by atoms with van der Waals surface area (Å²) in [5.41, 5.74) is 2.72. The van der Waals surface area contributed by atoms with E-state index in [4.69, 9.17) is 0 Å². The molecule has 1 heterocycles. The molecule has 1 N–H and O–H groups in total. The Balaban J connectivity index is 1.68. The second kappa shape index (κ2) is 4.53. The molecule has 90 valence electrons. The molecule has 17 heavy (non-hydrogen) atoms. The predicted molar refractivity (Wildman–Crippen MR) is 72.3 cm³/mol. The molecule has 0 radical (unpaired) electrons. The Kier molecular flexibility index (Phi) is 2.89. The molecule has 0 aliphatic heterocycles. The molecule has 0 unspecified atom stereocenters. The van der Waals surface area contributed by atoms with Crippen molar-refractivity contribution in [2.45, 2.75) is 26.3 Å². The van der Waals surface area contributed by atoms with Gasteiger partial charge in [0, 0.05) is 24.3 Å². The largest absolute Gasteiger partial charge is 0.344 e. The zero-order valence-corrected chi connectivity index (χ0v) is 10.4. The van der Waals surface area contributed by atoms with Crippen LogP contribution in [0, 0.1) is 12.8 Å². The Bertz CT molecular complexity index is 509. The number of aromatic nitrogens is 1. The molecule has 0 atom stereocenters. The Morgan fingerprint density at radius 3 is 2.94 bits per heavy atom. The van der Waals surface area contributed by atoms with Gasteiger partial charge in [0.15, 0.2) is 0 Å². The lowest BCUT2D eigenvalue weighted by Gasteiger charge is -2.09. The molecule has 0 amide bonds. The summed E-state index contributed by atoms with van der Waals surface area (Å²) in [4.78, 5) is 0. The second-order valence-electron chi connectivity index (χ2n) is 5.14. The fraction of sp³-hybridized carbons (Fsp3) is 0.467. The number of rotatable bonds is 5. The number of aryl methyl sites for hydroxylation is 1. The Labute approximate surface area is 103 Å².